The Morgan fingerprint density at radius 2 is 2.33 bits per heavy atom. The van der Waals surface area contributed by atoms with Gasteiger partial charge in [0.15, 0.2) is 0 Å². The quantitative estimate of drug-likeness (QED) is 0.438. The van der Waals surface area contributed by atoms with E-state index in [9.17, 15) is 0 Å². The summed E-state index contributed by atoms with van der Waals surface area (Å²) in [5.41, 5.74) is 5.16. The van der Waals surface area contributed by atoms with Gasteiger partial charge in [-0.3, -0.25) is 0 Å². The molecule has 5 heteroatoms. The second-order valence-corrected chi connectivity index (χ2v) is 2.49. The lowest BCUT2D eigenvalue weighted by molar-refractivity contribution is 0.228. The number of rotatable bonds is 5. The first-order valence-corrected chi connectivity index (χ1v) is 3.80. The molecule has 0 aromatic heterocycles. The molecule has 56 valence electrons. The molecule has 0 fully saturated rings. The first-order valence-electron chi connectivity index (χ1n) is 2.67. The van der Waals surface area contributed by atoms with E-state index >= 15 is 0 Å². The van der Waals surface area contributed by atoms with Crippen molar-refractivity contribution in [1.29, 1.82) is 0 Å². The molecular formula is C4H12NO3P. The van der Waals surface area contributed by atoms with Crippen molar-refractivity contribution in [2.45, 2.75) is 6.42 Å². The maximum atomic E-state index is 8.66. The van der Waals surface area contributed by atoms with Crippen molar-refractivity contribution in [2.24, 2.45) is 5.73 Å². The standard InChI is InChI=1S/C4H12NO3P/c1-7-9(6)8-4-2-3-5/h6H,2-5H2,1H3. The Morgan fingerprint density at radius 1 is 1.67 bits per heavy atom. The zero-order chi connectivity index (χ0) is 7.11. The third kappa shape index (κ3) is 6.15. The Labute approximate surface area is 56.0 Å². The molecule has 0 bridgehead atoms. The van der Waals surface area contributed by atoms with Gasteiger partial charge >= 0.3 is 8.60 Å². The highest BCUT2D eigenvalue weighted by Crippen LogP contribution is 2.30. The molecule has 1 unspecified atom stereocenters. The van der Waals surface area contributed by atoms with Crippen LogP contribution in [0.3, 0.4) is 0 Å². The molecule has 0 aromatic rings. The van der Waals surface area contributed by atoms with Crippen LogP contribution in [0, 0.1) is 0 Å². The molecule has 0 spiro atoms. The van der Waals surface area contributed by atoms with Gasteiger partial charge in [0.1, 0.15) is 0 Å². The van der Waals surface area contributed by atoms with Crippen LogP contribution in [-0.4, -0.2) is 25.2 Å². The Kier molecular flexibility index (Phi) is 6.58. The maximum absolute atomic E-state index is 8.66. The fourth-order valence-corrected chi connectivity index (χ4v) is 0.669. The molecule has 1 atom stereocenters. The van der Waals surface area contributed by atoms with Crippen LogP contribution in [0.15, 0.2) is 0 Å². The van der Waals surface area contributed by atoms with E-state index in [0.717, 1.165) is 6.42 Å². The third-order valence-corrected chi connectivity index (χ3v) is 1.42. The van der Waals surface area contributed by atoms with E-state index in [1.807, 2.05) is 0 Å². The van der Waals surface area contributed by atoms with Crippen LogP contribution in [0.1, 0.15) is 6.42 Å². The first-order chi connectivity index (χ1) is 4.31. The van der Waals surface area contributed by atoms with Crippen molar-refractivity contribution in [2.75, 3.05) is 20.3 Å². The highest BCUT2D eigenvalue weighted by Gasteiger charge is 2.00. The average molecular weight is 153 g/mol. The molecule has 0 aromatic carbocycles. The second-order valence-electron chi connectivity index (χ2n) is 1.40. The van der Waals surface area contributed by atoms with E-state index in [0.29, 0.717) is 13.2 Å². The van der Waals surface area contributed by atoms with Crippen LogP contribution in [0.4, 0.5) is 0 Å². The molecule has 3 N–H and O–H groups in total. The van der Waals surface area contributed by atoms with Gasteiger partial charge in [-0.05, 0) is 13.0 Å². The van der Waals surface area contributed by atoms with Gasteiger partial charge in [-0.25, -0.2) is 0 Å². The lowest BCUT2D eigenvalue weighted by Crippen LogP contribution is -2.02. The molecule has 0 aliphatic carbocycles. The molecule has 0 aliphatic rings. The summed E-state index contributed by atoms with van der Waals surface area (Å²) in [6, 6.07) is 0. The van der Waals surface area contributed by atoms with Gasteiger partial charge in [0.2, 0.25) is 0 Å². The molecule has 0 saturated carbocycles. The predicted molar refractivity (Wildman–Crippen MR) is 35.8 cm³/mol. The first kappa shape index (κ1) is 9.27. The molecule has 0 rings (SSSR count). The van der Waals surface area contributed by atoms with Crippen molar-refractivity contribution in [3.63, 3.8) is 0 Å². The fourth-order valence-electron chi connectivity index (χ4n) is 0.279. The van der Waals surface area contributed by atoms with Crippen molar-refractivity contribution < 1.29 is 13.9 Å². The smallest absolute Gasteiger partial charge is 0.329 e. The van der Waals surface area contributed by atoms with Gasteiger partial charge in [-0.2, -0.15) is 0 Å². The molecular weight excluding hydrogens is 141 g/mol. The summed E-state index contributed by atoms with van der Waals surface area (Å²) in [5.74, 6) is 0. The minimum absolute atomic E-state index is 0.465. The monoisotopic (exact) mass is 153 g/mol. The van der Waals surface area contributed by atoms with Crippen molar-refractivity contribution in [3.8, 4) is 0 Å². The normalized spacial score (nSPS) is 13.7. The molecule has 0 aliphatic heterocycles. The minimum Gasteiger partial charge on any atom is -0.330 e. The summed E-state index contributed by atoms with van der Waals surface area (Å²) < 4.78 is 9.20. The van der Waals surface area contributed by atoms with Crippen molar-refractivity contribution >= 4 is 8.60 Å². The Balaban J connectivity index is 2.88. The summed E-state index contributed by atoms with van der Waals surface area (Å²) in [5, 5.41) is 0. The lowest BCUT2D eigenvalue weighted by Gasteiger charge is -2.05. The lowest BCUT2D eigenvalue weighted by atomic mass is 10.5. The highest BCUT2D eigenvalue weighted by molar-refractivity contribution is 7.40. The summed E-state index contributed by atoms with van der Waals surface area (Å²) in [7, 11) is -0.249. The van der Waals surface area contributed by atoms with Crippen molar-refractivity contribution in [3.05, 3.63) is 0 Å². The van der Waals surface area contributed by atoms with Gasteiger partial charge < -0.3 is 19.7 Å². The topological polar surface area (TPSA) is 64.7 Å². The highest BCUT2D eigenvalue weighted by atomic mass is 31.2. The number of nitrogens with two attached hydrogens (primary N) is 1. The zero-order valence-corrected chi connectivity index (χ0v) is 6.30. The van der Waals surface area contributed by atoms with Crippen LogP contribution >= 0.6 is 8.60 Å². The van der Waals surface area contributed by atoms with Crippen LogP contribution in [0.5, 0.6) is 0 Å². The summed E-state index contributed by atoms with van der Waals surface area (Å²) in [6.07, 6.45) is 0.753. The van der Waals surface area contributed by atoms with Crippen LogP contribution < -0.4 is 5.73 Å². The Hall–Kier alpha value is 0.270. The van der Waals surface area contributed by atoms with E-state index in [1.165, 1.54) is 7.11 Å². The van der Waals surface area contributed by atoms with Crippen LogP contribution in [0.2, 0.25) is 0 Å². The fraction of sp³-hybridized carbons (Fsp3) is 1.00. The van der Waals surface area contributed by atoms with Crippen LogP contribution in [0.25, 0.3) is 0 Å². The molecule has 9 heavy (non-hydrogen) atoms. The zero-order valence-electron chi connectivity index (χ0n) is 5.41. The largest absolute Gasteiger partial charge is 0.330 e. The SMILES string of the molecule is COP(O)OCCCN. The number of hydrogen-bond donors (Lipinski definition) is 2. The van der Waals surface area contributed by atoms with Crippen molar-refractivity contribution in [1.82, 2.24) is 0 Å². The van der Waals surface area contributed by atoms with E-state index in [-0.39, 0.29) is 0 Å². The number of hydrogen-bond acceptors (Lipinski definition) is 4. The molecule has 0 radical (unpaired) electrons. The maximum Gasteiger partial charge on any atom is 0.329 e. The summed E-state index contributed by atoms with van der Waals surface area (Å²) in [6.45, 7) is 1.04. The van der Waals surface area contributed by atoms with E-state index in [2.05, 4.69) is 4.52 Å². The molecule has 0 saturated heterocycles. The summed E-state index contributed by atoms with van der Waals surface area (Å²) in [4.78, 5) is 8.66. The van der Waals surface area contributed by atoms with E-state index in [4.69, 9.17) is 15.2 Å². The Bertz CT molecular complexity index is 63.8. The average Bonchev–Trinajstić information content (AvgIpc) is 1.89. The summed E-state index contributed by atoms with van der Waals surface area (Å²) >= 11 is 0. The van der Waals surface area contributed by atoms with E-state index in [1.54, 1.807) is 0 Å². The predicted octanol–water partition coefficient (Wildman–Crippen LogP) is 0.217. The third-order valence-electron chi connectivity index (χ3n) is 0.706. The van der Waals surface area contributed by atoms with E-state index < -0.39 is 8.60 Å². The van der Waals surface area contributed by atoms with Gasteiger partial charge in [0.05, 0.1) is 6.61 Å². The second kappa shape index (κ2) is 6.39. The van der Waals surface area contributed by atoms with Crippen LogP contribution in [-0.2, 0) is 9.05 Å². The minimum atomic E-state index is -1.65. The van der Waals surface area contributed by atoms with Gasteiger partial charge in [0.25, 0.3) is 0 Å². The Morgan fingerprint density at radius 3 is 2.78 bits per heavy atom. The molecule has 0 amide bonds. The van der Waals surface area contributed by atoms with Gasteiger partial charge in [-0.1, -0.05) is 0 Å². The van der Waals surface area contributed by atoms with Gasteiger partial charge in [0, 0.05) is 7.11 Å². The molecule has 4 nitrogen and oxygen atoms in total. The molecule has 0 heterocycles. The van der Waals surface area contributed by atoms with Gasteiger partial charge in [-0.15, -0.1) is 0 Å².